The predicted molar refractivity (Wildman–Crippen MR) is 323 cm³/mol. The van der Waals surface area contributed by atoms with Gasteiger partial charge in [-0.3, -0.25) is 37.9 Å². The summed E-state index contributed by atoms with van der Waals surface area (Å²) in [6, 6.07) is 20.0. The molecule has 2 fully saturated rings. The van der Waals surface area contributed by atoms with Gasteiger partial charge in [-0.05, 0) is 104 Å². The summed E-state index contributed by atoms with van der Waals surface area (Å²) in [7, 11) is 0. The molecule has 0 bridgehead atoms. The number of carbonyl (C=O) groups is 6. The molecule has 27 heteroatoms. The van der Waals surface area contributed by atoms with E-state index in [1.54, 1.807) is 80.5 Å². The Bertz CT molecular complexity index is 3590. The van der Waals surface area contributed by atoms with Gasteiger partial charge in [0.2, 0.25) is 29.5 Å². The van der Waals surface area contributed by atoms with Gasteiger partial charge in [0.15, 0.2) is 0 Å². The Hall–Kier alpha value is -6.94. The number of hydrogen-bond acceptors (Lipinski definition) is 15. The molecule has 3 amide bonds. The van der Waals surface area contributed by atoms with Gasteiger partial charge in [0, 0.05) is 115 Å². The van der Waals surface area contributed by atoms with Crippen molar-refractivity contribution in [1.29, 1.82) is 0 Å². The van der Waals surface area contributed by atoms with Crippen molar-refractivity contribution in [3.63, 3.8) is 0 Å². The summed E-state index contributed by atoms with van der Waals surface area (Å²) in [5.74, 6) is -0.341. The summed E-state index contributed by atoms with van der Waals surface area (Å²) < 4.78 is 31.4. The van der Waals surface area contributed by atoms with Gasteiger partial charge in [0.1, 0.15) is 50.9 Å². The highest BCUT2D eigenvalue weighted by Crippen LogP contribution is 2.31. The van der Waals surface area contributed by atoms with Crippen LogP contribution < -0.4 is 16.0 Å². The Labute approximate surface area is 503 Å². The van der Waals surface area contributed by atoms with Crippen molar-refractivity contribution < 1.29 is 42.7 Å². The minimum absolute atomic E-state index is 0. The van der Waals surface area contributed by atoms with Gasteiger partial charge >= 0.3 is 5.97 Å². The van der Waals surface area contributed by atoms with Crippen LogP contribution in [0.15, 0.2) is 119 Å². The van der Waals surface area contributed by atoms with E-state index in [1.807, 2.05) is 43.3 Å². The number of carbonyl (C=O) groups excluding carboxylic acids is 5. The molecule has 0 aliphatic carbocycles. The third-order valence-electron chi connectivity index (χ3n) is 12.6. The van der Waals surface area contributed by atoms with Gasteiger partial charge in [-0.15, -0.1) is 12.4 Å². The number of alkyl halides is 2. The number of halogens is 5. The van der Waals surface area contributed by atoms with E-state index in [0.717, 1.165) is 33.0 Å². The van der Waals surface area contributed by atoms with E-state index in [9.17, 15) is 37.5 Å². The molecule has 81 heavy (non-hydrogen) atoms. The Morgan fingerprint density at radius 3 is 1.54 bits per heavy atom. The van der Waals surface area contributed by atoms with Crippen LogP contribution in [0, 0.1) is 13.8 Å². The normalized spacial score (nSPS) is 16.0. The molecule has 4 atom stereocenters. The molecule has 8 aromatic rings. The molecule has 2 aliphatic rings. The molecule has 10 rings (SSSR count). The second-order valence-corrected chi connectivity index (χ2v) is 19.8. The summed E-state index contributed by atoms with van der Waals surface area (Å²) in [5.41, 5.74) is 5.90. The van der Waals surface area contributed by atoms with Crippen LogP contribution in [-0.2, 0) is 54.4 Å². The highest BCUT2D eigenvalue weighted by atomic mass is 79.9. The first-order valence-electron chi connectivity index (χ1n) is 24.2. The monoisotopic (exact) mass is 1310 g/mol. The van der Waals surface area contributed by atoms with E-state index >= 15 is 0 Å². The molecular weight excluding hydrogens is 1260 g/mol. The number of nitrogens with zero attached hydrogens (tertiary/aromatic N) is 9. The molecule has 2 saturated heterocycles. The molecule has 6 aromatic heterocycles. The summed E-state index contributed by atoms with van der Waals surface area (Å²) >= 11 is 13.8. The molecule has 19 nitrogen and oxygen atoms in total. The Morgan fingerprint density at radius 1 is 0.667 bits per heavy atom. The van der Waals surface area contributed by atoms with E-state index in [2.05, 4.69) is 100 Å². The lowest BCUT2D eigenvalue weighted by atomic mass is 10.0. The van der Waals surface area contributed by atoms with Crippen LogP contribution in [0.25, 0.3) is 44.1 Å². The summed E-state index contributed by atoms with van der Waals surface area (Å²) in [6.45, 7) is 6.57. The minimum atomic E-state index is -1.32. The van der Waals surface area contributed by atoms with Gasteiger partial charge in [-0.2, -0.15) is 13.5 Å². The third-order valence-corrected chi connectivity index (χ3v) is 13.4. The van der Waals surface area contributed by atoms with Gasteiger partial charge in [-0.1, -0.05) is 36.4 Å². The van der Waals surface area contributed by atoms with Crippen LogP contribution in [0.3, 0.4) is 0 Å². The Kier molecular flexibility index (Phi) is 23.8. The standard InChI is InChI=1S/C27H24BrFN6O3.C17H15N3O3.C10H11BrFN3O.ClH.S2.H2S/c1-15-30-11-19(12-31-15)17-6-7-21-18(13-34(16(2)36)22(21)8-17)9-26(37)35-14-20(29)10-23(35)27(38)33-25-5-3-4-24(28)32-25;1-10-18-7-14(8-19-10)12-3-4-15-13(6-17(22)23)9-20(11(2)21)16(15)5-12;11-8-2-1-3-9(14-8)15-10(16)7-4-6(12)5-13-7;;1-2;/h3-8,11-13,20,23H,9-10,14H2,1-2H3,(H,32,33,38);3-5,7-9H,6H2,1-2H3,(H,22,23);1-3,6-7,13H,4-5H2,(H,14,15,16);1H;;1H2/t20-,23+;;6-,7+;;;/m1.1.../s1. The molecule has 2 aliphatic heterocycles. The van der Waals surface area contributed by atoms with E-state index in [1.165, 1.54) is 27.9 Å². The number of aliphatic carboxylic acids is 1. The lowest BCUT2D eigenvalue weighted by Crippen LogP contribution is -2.44. The zero-order valence-electron chi connectivity index (χ0n) is 43.6. The molecule has 0 saturated carbocycles. The zero-order valence-corrected chi connectivity index (χ0v) is 50.2. The number of aryl methyl sites for hydroxylation is 2. The maximum Gasteiger partial charge on any atom is 0.307 e. The quantitative estimate of drug-likeness (QED) is 0.0932. The number of rotatable bonds is 10. The van der Waals surface area contributed by atoms with E-state index in [0.29, 0.717) is 54.7 Å². The van der Waals surface area contributed by atoms with Gasteiger partial charge in [0.25, 0.3) is 0 Å². The highest BCUT2D eigenvalue weighted by molar-refractivity contribution is 9.10. The van der Waals surface area contributed by atoms with Crippen molar-refractivity contribution in [2.45, 2.75) is 77.8 Å². The number of likely N-dealkylation sites (tertiary alicyclic amines) is 1. The molecule has 2 aromatic carbocycles. The van der Waals surface area contributed by atoms with E-state index < -0.39 is 42.2 Å². The SMILES string of the molecule is CC(=O)n1cc(CC(=O)N2C[C@H](F)C[C@H]2C(=O)Nc2cccc(Br)n2)c2ccc(-c3cnc(C)nc3)cc21.CC(=O)n1cc(CC(=O)O)c2ccc(-c3cnc(C)nc3)cc21.Cl.O=C(Nc1cccc(Br)n1)[C@@H]1C[C@@H](F)CN1.S.S=S. The number of anilines is 2. The molecule has 0 unspecified atom stereocenters. The predicted octanol–water partition coefficient (Wildman–Crippen LogP) is 9.05. The minimum Gasteiger partial charge on any atom is -0.481 e. The van der Waals surface area contributed by atoms with Crippen molar-refractivity contribution >= 4 is 149 Å². The van der Waals surface area contributed by atoms with Crippen LogP contribution in [-0.4, -0.2) is 122 Å². The number of hydrogen-bond donors (Lipinski definition) is 4. The fourth-order valence-electron chi connectivity index (χ4n) is 8.85. The molecule has 0 spiro atoms. The van der Waals surface area contributed by atoms with Gasteiger partial charge in [-0.25, -0.2) is 38.7 Å². The number of pyridine rings is 2. The van der Waals surface area contributed by atoms with Crippen molar-refractivity contribution in [3.8, 4) is 22.3 Å². The van der Waals surface area contributed by atoms with Crippen LogP contribution in [0.1, 0.15) is 59.1 Å². The van der Waals surface area contributed by atoms with Gasteiger partial charge in [0.05, 0.1) is 36.5 Å². The van der Waals surface area contributed by atoms with Crippen molar-refractivity contribution in [2.75, 3.05) is 23.7 Å². The number of carboxylic acids is 1. The van der Waals surface area contributed by atoms with E-state index in [-0.39, 0.29) is 82.4 Å². The number of fused-ring (bicyclic) bond motifs is 2. The lowest BCUT2D eigenvalue weighted by molar-refractivity contribution is -0.136. The van der Waals surface area contributed by atoms with Crippen LogP contribution in [0.4, 0.5) is 20.4 Å². The molecular formula is C54H53Br2ClF2N12O7S3. The first kappa shape index (κ1) is 64.9. The van der Waals surface area contributed by atoms with Crippen molar-refractivity contribution in [3.05, 3.63) is 142 Å². The summed E-state index contributed by atoms with van der Waals surface area (Å²) in [6.07, 6.45) is 7.76. The van der Waals surface area contributed by atoms with Crippen molar-refractivity contribution in [1.82, 2.24) is 49.3 Å². The maximum absolute atomic E-state index is 14.4. The third kappa shape index (κ3) is 16.8. The summed E-state index contributed by atoms with van der Waals surface area (Å²) in [4.78, 5) is 99.6. The summed E-state index contributed by atoms with van der Waals surface area (Å²) in [5, 5.41) is 18.6. The highest BCUT2D eigenvalue weighted by Gasteiger charge is 2.40. The molecule has 424 valence electrons. The number of aromatic nitrogens is 8. The average molecular weight is 1310 g/mol. The zero-order chi connectivity index (χ0) is 57.1. The fraction of sp³-hybridized carbons (Fsp3) is 0.259. The second kappa shape index (κ2) is 29.7. The number of amides is 3. The largest absolute Gasteiger partial charge is 0.481 e. The maximum atomic E-state index is 14.4. The van der Waals surface area contributed by atoms with Crippen LogP contribution >= 0.6 is 57.8 Å². The number of carboxylic acid groups (broad SMARTS) is 1. The average Bonchev–Trinajstić information content (AvgIpc) is 4.22. The molecule has 0 radical (unpaired) electrons. The Morgan fingerprint density at radius 2 is 1.12 bits per heavy atom. The topological polar surface area (TPSA) is 249 Å². The molecule has 8 heterocycles. The molecule has 4 N–H and O–H groups in total. The van der Waals surface area contributed by atoms with Gasteiger partial charge < -0.3 is 26.0 Å². The van der Waals surface area contributed by atoms with Crippen LogP contribution in [0.2, 0.25) is 0 Å². The number of benzene rings is 2. The number of nitrogens with one attached hydrogen (secondary N) is 3. The van der Waals surface area contributed by atoms with Crippen LogP contribution in [0.5, 0.6) is 0 Å². The van der Waals surface area contributed by atoms with Crippen molar-refractivity contribution in [2.24, 2.45) is 0 Å². The first-order chi connectivity index (χ1) is 37.8. The smallest absolute Gasteiger partial charge is 0.307 e. The first-order valence-corrected chi connectivity index (χ1v) is 27.2. The fourth-order valence-corrected chi connectivity index (χ4v) is 9.53. The van der Waals surface area contributed by atoms with E-state index in [4.69, 9.17) is 5.11 Å². The lowest BCUT2D eigenvalue weighted by Gasteiger charge is -2.23. The second-order valence-electron chi connectivity index (χ2n) is 18.2. The Balaban J connectivity index is 0.000000238.